The number of nitrogens with one attached hydrogen (secondary N) is 1. The summed E-state index contributed by atoms with van der Waals surface area (Å²) in [4.78, 5) is 0. The first kappa shape index (κ1) is 8.51. The van der Waals surface area contributed by atoms with E-state index in [1.54, 1.807) is 0 Å². The molecule has 0 fully saturated rings. The van der Waals surface area contributed by atoms with E-state index >= 15 is 0 Å². The molecule has 1 nitrogen and oxygen atoms in total. The van der Waals surface area contributed by atoms with Gasteiger partial charge in [0.1, 0.15) is 0 Å². The van der Waals surface area contributed by atoms with Crippen LogP contribution in [-0.4, -0.2) is 6.21 Å². The summed E-state index contributed by atoms with van der Waals surface area (Å²) in [7, 11) is 0. The van der Waals surface area contributed by atoms with Gasteiger partial charge in [-0.25, -0.2) is 0 Å². The Hall–Kier alpha value is -0.487. The molecule has 1 aromatic carbocycles. The van der Waals surface area contributed by atoms with Crippen LogP contribution in [0.3, 0.4) is 0 Å². The Morgan fingerprint density at radius 2 is 1.67 bits per heavy atom. The summed E-state index contributed by atoms with van der Waals surface area (Å²) in [6.07, 6.45) is 1.33. The molecule has 0 saturated heterocycles. The van der Waals surface area contributed by atoms with Gasteiger partial charge in [-0.15, -0.1) is 0 Å². The van der Waals surface area contributed by atoms with Crippen molar-refractivity contribution < 1.29 is 19.5 Å². The van der Waals surface area contributed by atoms with Crippen LogP contribution in [0, 0.1) is 5.41 Å². The third-order valence-electron chi connectivity index (χ3n) is 0.966. The van der Waals surface area contributed by atoms with Crippen molar-refractivity contribution in [2.45, 2.75) is 0 Å². The Morgan fingerprint density at radius 3 is 2.00 bits per heavy atom. The molecule has 0 saturated carbocycles. The van der Waals surface area contributed by atoms with Gasteiger partial charge in [-0.05, 0) is 5.56 Å². The van der Waals surface area contributed by atoms with Crippen LogP contribution in [0.25, 0.3) is 0 Å². The fraction of sp³-hybridized carbons (Fsp3) is 0. The number of hydrogen-bond donors (Lipinski definition) is 1. The zero-order valence-electron chi connectivity index (χ0n) is 5.17. The molecule has 0 aliphatic carbocycles. The van der Waals surface area contributed by atoms with E-state index in [0.29, 0.717) is 0 Å². The van der Waals surface area contributed by atoms with Gasteiger partial charge in [0.15, 0.2) is 0 Å². The first-order valence-electron chi connectivity index (χ1n) is 2.49. The van der Waals surface area contributed by atoms with Gasteiger partial charge in [0.25, 0.3) is 0 Å². The minimum absolute atomic E-state index is 0. The van der Waals surface area contributed by atoms with E-state index in [-0.39, 0.29) is 19.5 Å². The predicted octanol–water partition coefficient (Wildman–Crippen LogP) is 1.68. The van der Waals surface area contributed by atoms with Crippen molar-refractivity contribution in [2.75, 3.05) is 0 Å². The average Bonchev–Trinajstić information content (AvgIpc) is 1.90. The van der Waals surface area contributed by atoms with Crippen molar-refractivity contribution in [3.8, 4) is 0 Å². The summed E-state index contributed by atoms with van der Waals surface area (Å²) in [6.45, 7) is 0. The Kier molecular flexibility index (Phi) is 4.16. The normalized spacial score (nSPS) is 7.56. The van der Waals surface area contributed by atoms with Gasteiger partial charge < -0.3 is 5.41 Å². The fourth-order valence-electron chi connectivity index (χ4n) is 0.549. The molecule has 2 heteroatoms. The van der Waals surface area contributed by atoms with Crippen LogP contribution in [0.1, 0.15) is 5.56 Å². The molecule has 1 rings (SSSR count). The first-order valence-corrected chi connectivity index (χ1v) is 2.49. The quantitative estimate of drug-likeness (QED) is 0.490. The molecular formula is C7H7NZn. The standard InChI is InChI=1S/C7H7N.Zn/c8-6-7-4-2-1-3-5-7;/h1-6,8H;. The minimum atomic E-state index is 0. The molecular weight excluding hydrogens is 163 g/mol. The zero-order valence-corrected chi connectivity index (χ0v) is 8.14. The van der Waals surface area contributed by atoms with Gasteiger partial charge >= 0.3 is 0 Å². The van der Waals surface area contributed by atoms with E-state index in [0.717, 1.165) is 5.56 Å². The van der Waals surface area contributed by atoms with Crippen molar-refractivity contribution in [1.82, 2.24) is 0 Å². The van der Waals surface area contributed by atoms with E-state index in [2.05, 4.69) is 0 Å². The zero-order chi connectivity index (χ0) is 5.82. The van der Waals surface area contributed by atoms with Gasteiger partial charge in [0.2, 0.25) is 0 Å². The van der Waals surface area contributed by atoms with E-state index in [4.69, 9.17) is 5.41 Å². The third kappa shape index (κ3) is 2.52. The maximum Gasteiger partial charge on any atom is 0.0250 e. The van der Waals surface area contributed by atoms with Crippen molar-refractivity contribution in [3.05, 3.63) is 35.9 Å². The van der Waals surface area contributed by atoms with Crippen molar-refractivity contribution in [2.24, 2.45) is 0 Å². The Morgan fingerprint density at radius 1 is 1.11 bits per heavy atom. The minimum Gasteiger partial charge on any atom is -0.308 e. The third-order valence-corrected chi connectivity index (χ3v) is 0.966. The summed E-state index contributed by atoms with van der Waals surface area (Å²) in [5, 5.41) is 6.82. The summed E-state index contributed by atoms with van der Waals surface area (Å²) < 4.78 is 0. The maximum atomic E-state index is 6.82. The summed E-state index contributed by atoms with van der Waals surface area (Å²) in [6, 6.07) is 9.56. The second-order valence-electron chi connectivity index (χ2n) is 1.56. The molecule has 0 heterocycles. The van der Waals surface area contributed by atoms with Gasteiger partial charge in [-0.1, -0.05) is 30.3 Å². The number of rotatable bonds is 1. The molecule has 0 bridgehead atoms. The Labute approximate surface area is 67.4 Å². The van der Waals surface area contributed by atoms with E-state index in [9.17, 15) is 0 Å². The molecule has 0 spiro atoms. The Bertz CT molecular complexity index is 172. The van der Waals surface area contributed by atoms with Gasteiger partial charge in [0.05, 0.1) is 0 Å². The van der Waals surface area contributed by atoms with Crippen molar-refractivity contribution >= 4 is 6.21 Å². The molecule has 1 N–H and O–H groups in total. The fourth-order valence-corrected chi connectivity index (χ4v) is 0.549. The molecule has 1 aromatic rings. The van der Waals surface area contributed by atoms with Crippen molar-refractivity contribution in [1.29, 1.82) is 5.41 Å². The number of benzene rings is 1. The smallest absolute Gasteiger partial charge is 0.0250 e. The molecule has 0 amide bonds. The summed E-state index contributed by atoms with van der Waals surface area (Å²) >= 11 is 0. The van der Waals surface area contributed by atoms with Gasteiger partial charge in [0, 0.05) is 25.7 Å². The molecule has 0 aliphatic rings. The SMILES string of the molecule is N=Cc1ccccc1.[Zn]. The molecule has 42 valence electrons. The first-order chi connectivity index (χ1) is 3.93. The van der Waals surface area contributed by atoms with E-state index in [1.165, 1.54) is 6.21 Å². The van der Waals surface area contributed by atoms with Gasteiger partial charge in [-0.2, -0.15) is 0 Å². The molecule has 0 radical (unpaired) electrons. The monoisotopic (exact) mass is 169 g/mol. The van der Waals surface area contributed by atoms with Crippen LogP contribution in [0.15, 0.2) is 30.3 Å². The van der Waals surface area contributed by atoms with Crippen molar-refractivity contribution in [3.63, 3.8) is 0 Å². The molecule has 0 aliphatic heterocycles. The van der Waals surface area contributed by atoms with Gasteiger partial charge in [-0.3, -0.25) is 0 Å². The molecule has 0 atom stereocenters. The molecule has 0 unspecified atom stereocenters. The Balaban J connectivity index is 0.000000640. The van der Waals surface area contributed by atoms with Crippen LogP contribution in [0.2, 0.25) is 0 Å². The topological polar surface area (TPSA) is 23.9 Å². The average molecular weight is 171 g/mol. The van der Waals surface area contributed by atoms with Crippen LogP contribution in [0.4, 0.5) is 0 Å². The second-order valence-corrected chi connectivity index (χ2v) is 1.56. The van der Waals surface area contributed by atoms with Crippen LogP contribution in [0.5, 0.6) is 0 Å². The predicted molar refractivity (Wildman–Crippen MR) is 34.3 cm³/mol. The largest absolute Gasteiger partial charge is 0.308 e. The molecule has 9 heavy (non-hydrogen) atoms. The number of hydrogen-bond acceptors (Lipinski definition) is 1. The van der Waals surface area contributed by atoms with E-state index < -0.39 is 0 Å². The van der Waals surface area contributed by atoms with Crippen LogP contribution < -0.4 is 0 Å². The van der Waals surface area contributed by atoms with E-state index in [1.807, 2.05) is 30.3 Å². The second kappa shape index (κ2) is 4.40. The summed E-state index contributed by atoms with van der Waals surface area (Å²) in [5.41, 5.74) is 0.951. The van der Waals surface area contributed by atoms with Crippen LogP contribution >= 0.6 is 0 Å². The van der Waals surface area contributed by atoms with Crippen LogP contribution in [-0.2, 0) is 19.5 Å². The summed E-state index contributed by atoms with van der Waals surface area (Å²) in [5.74, 6) is 0. The molecule has 0 aromatic heterocycles. The maximum absolute atomic E-state index is 6.82.